The molecule has 0 amide bonds. The Morgan fingerprint density at radius 3 is 2.48 bits per heavy atom. The minimum absolute atomic E-state index is 0.177. The van der Waals surface area contributed by atoms with E-state index in [0.29, 0.717) is 17.5 Å². The van der Waals surface area contributed by atoms with Gasteiger partial charge in [0.15, 0.2) is 5.65 Å². The summed E-state index contributed by atoms with van der Waals surface area (Å²) in [6.45, 7) is 3.75. The Morgan fingerprint density at radius 1 is 1.00 bits per heavy atom. The van der Waals surface area contributed by atoms with Gasteiger partial charge >= 0.3 is 0 Å². The monoisotopic (exact) mass is 394 g/mol. The van der Waals surface area contributed by atoms with Gasteiger partial charge in [0.2, 0.25) is 5.95 Å². The second-order valence-electron chi connectivity index (χ2n) is 7.81. The van der Waals surface area contributed by atoms with Crippen molar-refractivity contribution in [3.63, 3.8) is 0 Å². The maximum absolute atomic E-state index is 6.23. The quantitative estimate of drug-likeness (QED) is 0.690. The summed E-state index contributed by atoms with van der Waals surface area (Å²) in [4.78, 5) is 15.5. The molecule has 1 aliphatic carbocycles. The fraction of sp³-hybridized carbons (Fsp3) is 0.500. The number of anilines is 2. The van der Waals surface area contributed by atoms with Crippen LogP contribution in [0.3, 0.4) is 0 Å². The number of nitrogens with zero attached hydrogens (tertiary/aromatic N) is 6. The lowest BCUT2D eigenvalue weighted by atomic mass is 9.90. The number of nitrogens with two attached hydrogens (primary N) is 2. The van der Waals surface area contributed by atoms with E-state index in [-0.39, 0.29) is 12.0 Å². The van der Waals surface area contributed by atoms with Crippen molar-refractivity contribution in [2.45, 2.75) is 37.8 Å². The summed E-state index contributed by atoms with van der Waals surface area (Å²) in [7, 11) is 0. The highest BCUT2D eigenvalue weighted by Gasteiger charge is 2.30. The van der Waals surface area contributed by atoms with Gasteiger partial charge in [0.25, 0.3) is 0 Å². The molecule has 3 aromatic heterocycles. The summed E-state index contributed by atoms with van der Waals surface area (Å²) in [5.74, 6) is 0.537. The molecule has 1 saturated heterocycles. The molecule has 1 aliphatic heterocycles. The molecule has 0 spiro atoms. The minimum atomic E-state index is 0.177. The Kier molecular flexibility index (Phi) is 4.76. The standard InChI is InChI=1S/C20H26N8O/c21-18-16-17(13-2-1-7-23-12-13)26-28(19(16)25-20(22)24-18)15-5-3-14(4-6-15)27-8-10-29-11-9-27/h1-2,7,12,14-15H,3-6,8-11H2,(H4,21,22,24,25). The molecule has 29 heavy (non-hydrogen) atoms. The van der Waals surface area contributed by atoms with Crippen LogP contribution in [0, 0.1) is 0 Å². The third-order valence-corrected chi connectivity index (χ3v) is 6.11. The lowest BCUT2D eigenvalue weighted by molar-refractivity contribution is 0.00520. The van der Waals surface area contributed by atoms with Crippen LogP contribution in [0.25, 0.3) is 22.3 Å². The topological polar surface area (TPSA) is 121 Å². The van der Waals surface area contributed by atoms with E-state index in [9.17, 15) is 0 Å². The molecule has 4 heterocycles. The van der Waals surface area contributed by atoms with Gasteiger partial charge in [0, 0.05) is 37.1 Å². The highest BCUT2D eigenvalue weighted by atomic mass is 16.5. The molecule has 9 nitrogen and oxygen atoms in total. The largest absolute Gasteiger partial charge is 0.383 e. The highest BCUT2D eigenvalue weighted by Crippen LogP contribution is 2.37. The summed E-state index contributed by atoms with van der Waals surface area (Å²) in [5, 5.41) is 5.68. The number of rotatable bonds is 3. The van der Waals surface area contributed by atoms with Gasteiger partial charge < -0.3 is 16.2 Å². The van der Waals surface area contributed by atoms with Crippen LogP contribution >= 0.6 is 0 Å². The zero-order chi connectivity index (χ0) is 19.8. The van der Waals surface area contributed by atoms with Gasteiger partial charge in [0.05, 0.1) is 24.6 Å². The van der Waals surface area contributed by atoms with Crippen LogP contribution in [-0.2, 0) is 4.74 Å². The molecule has 2 aliphatic rings. The second kappa shape index (κ2) is 7.57. The maximum Gasteiger partial charge on any atom is 0.224 e. The van der Waals surface area contributed by atoms with Crippen LogP contribution in [0.4, 0.5) is 11.8 Å². The molecule has 4 N–H and O–H groups in total. The number of aromatic nitrogens is 5. The number of morpholine rings is 1. The highest BCUT2D eigenvalue weighted by molar-refractivity contribution is 5.98. The molecule has 0 bridgehead atoms. The number of ether oxygens (including phenoxy) is 1. The van der Waals surface area contributed by atoms with Gasteiger partial charge in [-0.15, -0.1) is 0 Å². The zero-order valence-corrected chi connectivity index (χ0v) is 16.4. The lowest BCUT2D eigenvalue weighted by Crippen LogP contribution is -2.45. The molecule has 152 valence electrons. The molecular formula is C20H26N8O. The Hall–Kier alpha value is -2.78. The third kappa shape index (κ3) is 3.40. The smallest absolute Gasteiger partial charge is 0.224 e. The Bertz CT molecular complexity index is 991. The molecule has 0 aromatic carbocycles. The van der Waals surface area contributed by atoms with Crippen LogP contribution in [0.5, 0.6) is 0 Å². The van der Waals surface area contributed by atoms with Crippen molar-refractivity contribution >= 4 is 22.8 Å². The summed E-state index contributed by atoms with van der Waals surface area (Å²) >= 11 is 0. The van der Waals surface area contributed by atoms with E-state index in [1.807, 2.05) is 16.8 Å². The fourth-order valence-electron chi connectivity index (χ4n) is 4.65. The molecule has 1 saturated carbocycles. The van der Waals surface area contributed by atoms with E-state index < -0.39 is 0 Å². The van der Waals surface area contributed by atoms with Crippen LogP contribution in [0.15, 0.2) is 24.5 Å². The van der Waals surface area contributed by atoms with Crippen LogP contribution in [-0.4, -0.2) is 62.0 Å². The van der Waals surface area contributed by atoms with Crippen molar-refractivity contribution in [2.24, 2.45) is 0 Å². The molecule has 0 atom stereocenters. The van der Waals surface area contributed by atoms with Crippen molar-refractivity contribution < 1.29 is 4.74 Å². The van der Waals surface area contributed by atoms with Crippen molar-refractivity contribution in [2.75, 3.05) is 37.8 Å². The van der Waals surface area contributed by atoms with E-state index in [0.717, 1.165) is 68.6 Å². The molecule has 0 unspecified atom stereocenters. The first-order chi connectivity index (χ1) is 14.2. The summed E-state index contributed by atoms with van der Waals surface area (Å²) in [5.41, 5.74) is 14.5. The van der Waals surface area contributed by atoms with Gasteiger partial charge in [-0.3, -0.25) is 9.88 Å². The average Bonchev–Trinajstić information content (AvgIpc) is 3.15. The zero-order valence-electron chi connectivity index (χ0n) is 16.4. The van der Waals surface area contributed by atoms with Gasteiger partial charge in [-0.05, 0) is 37.8 Å². The molecule has 9 heteroatoms. The summed E-state index contributed by atoms with van der Waals surface area (Å²) in [6, 6.07) is 4.76. The first-order valence-electron chi connectivity index (χ1n) is 10.2. The third-order valence-electron chi connectivity index (χ3n) is 6.11. The van der Waals surface area contributed by atoms with Crippen LogP contribution in [0.2, 0.25) is 0 Å². The average molecular weight is 394 g/mol. The summed E-state index contributed by atoms with van der Waals surface area (Å²) in [6.07, 6.45) is 7.92. The predicted molar refractivity (Wildman–Crippen MR) is 111 cm³/mol. The first-order valence-corrected chi connectivity index (χ1v) is 10.2. The SMILES string of the molecule is Nc1nc(N)c2c(-c3cccnc3)nn(C3CCC(N4CCOCC4)CC3)c2n1. The van der Waals surface area contributed by atoms with Gasteiger partial charge in [-0.2, -0.15) is 15.1 Å². The molecule has 5 rings (SSSR count). The van der Waals surface area contributed by atoms with E-state index in [1.54, 1.807) is 12.4 Å². The fourth-order valence-corrected chi connectivity index (χ4v) is 4.65. The molecule has 3 aromatic rings. The first kappa shape index (κ1) is 18.3. The van der Waals surface area contributed by atoms with Gasteiger partial charge in [-0.1, -0.05) is 0 Å². The number of hydrogen-bond donors (Lipinski definition) is 2. The normalized spacial score (nSPS) is 23.4. The Morgan fingerprint density at radius 2 is 1.76 bits per heavy atom. The molecule has 2 fully saturated rings. The van der Waals surface area contributed by atoms with Crippen LogP contribution in [0.1, 0.15) is 31.7 Å². The number of fused-ring (bicyclic) bond motifs is 1. The predicted octanol–water partition coefficient (Wildman–Crippen LogP) is 1.87. The molecular weight excluding hydrogens is 368 g/mol. The van der Waals surface area contributed by atoms with Gasteiger partial charge in [0.1, 0.15) is 11.5 Å². The van der Waals surface area contributed by atoms with E-state index in [1.165, 1.54) is 0 Å². The minimum Gasteiger partial charge on any atom is -0.383 e. The van der Waals surface area contributed by atoms with Crippen molar-refractivity contribution in [3.8, 4) is 11.3 Å². The maximum atomic E-state index is 6.23. The molecule has 0 radical (unpaired) electrons. The summed E-state index contributed by atoms with van der Waals surface area (Å²) < 4.78 is 7.51. The number of nitrogen functional groups attached to an aromatic ring is 2. The van der Waals surface area contributed by atoms with Crippen LogP contribution < -0.4 is 11.5 Å². The Labute approximate surface area is 169 Å². The Balaban J connectivity index is 1.47. The van der Waals surface area contributed by atoms with Crippen molar-refractivity contribution in [1.82, 2.24) is 29.6 Å². The van der Waals surface area contributed by atoms with Crippen molar-refractivity contribution in [3.05, 3.63) is 24.5 Å². The lowest BCUT2D eigenvalue weighted by Gasteiger charge is -2.38. The van der Waals surface area contributed by atoms with Gasteiger partial charge in [-0.25, -0.2) is 4.68 Å². The number of pyridine rings is 1. The van der Waals surface area contributed by atoms with Crippen molar-refractivity contribution in [1.29, 1.82) is 0 Å². The number of hydrogen-bond acceptors (Lipinski definition) is 8. The van der Waals surface area contributed by atoms with E-state index in [4.69, 9.17) is 21.3 Å². The second-order valence-corrected chi connectivity index (χ2v) is 7.81. The van der Waals surface area contributed by atoms with E-state index in [2.05, 4.69) is 19.9 Å². The van der Waals surface area contributed by atoms with E-state index >= 15 is 0 Å².